The predicted molar refractivity (Wildman–Crippen MR) is 48.7 cm³/mol. The van der Waals surface area contributed by atoms with Gasteiger partial charge in [0.1, 0.15) is 24.4 Å². The lowest BCUT2D eigenvalue weighted by Gasteiger charge is -2.34. The second kappa shape index (κ2) is 4.19. The quantitative estimate of drug-likeness (QED) is 0.531. The Kier molecular flexibility index (Phi) is 2.92. The van der Waals surface area contributed by atoms with Crippen LogP contribution in [-0.2, 0) is 4.74 Å². The first-order chi connectivity index (χ1) is 7.20. The lowest BCUT2D eigenvalue weighted by atomic mass is 10.00. The largest absolute Gasteiger partial charge is 0.388 e. The fourth-order valence-corrected chi connectivity index (χ4v) is 1.49. The van der Waals surface area contributed by atoms with Gasteiger partial charge in [0, 0.05) is 12.4 Å². The van der Waals surface area contributed by atoms with Crippen LogP contribution in [0.25, 0.3) is 0 Å². The van der Waals surface area contributed by atoms with E-state index in [1.165, 1.54) is 12.4 Å². The highest BCUT2D eigenvalue weighted by molar-refractivity contribution is 5.00. The molecule has 1 aliphatic heterocycles. The second-order valence-electron chi connectivity index (χ2n) is 3.41. The van der Waals surface area contributed by atoms with Crippen molar-refractivity contribution in [3.8, 4) is 0 Å². The molecule has 0 radical (unpaired) electrons. The molecule has 2 rings (SSSR count). The maximum Gasteiger partial charge on any atom is 0.159 e. The molecule has 0 aromatic carbocycles. The fraction of sp³-hybridized carbons (Fsp3) is 0.556. The molecule has 1 fully saturated rings. The monoisotopic (exact) mass is 212 g/mol. The van der Waals surface area contributed by atoms with Crippen LogP contribution in [0.5, 0.6) is 0 Å². The predicted octanol–water partition coefficient (Wildman–Crippen LogP) is -1.37. The normalized spacial score (nSPS) is 36.5. The SMILES string of the molecule is O[C@@H]1[C@H](O)[C@H](c2ncccn2)OC[C@@H]1O. The maximum atomic E-state index is 9.65. The molecule has 1 aromatic rings. The first-order valence-corrected chi connectivity index (χ1v) is 4.63. The zero-order valence-corrected chi connectivity index (χ0v) is 7.89. The molecule has 0 spiro atoms. The number of nitrogens with zero attached hydrogens (tertiary/aromatic N) is 2. The van der Waals surface area contributed by atoms with Gasteiger partial charge in [0.05, 0.1) is 6.61 Å². The molecule has 82 valence electrons. The molecule has 0 unspecified atom stereocenters. The summed E-state index contributed by atoms with van der Waals surface area (Å²) in [5.41, 5.74) is 0. The molecular formula is C9H12N2O4. The third kappa shape index (κ3) is 1.98. The van der Waals surface area contributed by atoms with E-state index in [1.807, 2.05) is 0 Å². The van der Waals surface area contributed by atoms with Crippen molar-refractivity contribution in [2.24, 2.45) is 0 Å². The summed E-state index contributed by atoms with van der Waals surface area (Å²) in [4.78, 5) is 7.85. The molecule has 15 heavy (non-hydrogen) atoms. The summed E-state index contributed by atoms with van der Waals surface area (Å²) in [6.45, 7) is -0.0405. The third-order valence-electron chi connectivity index (χ3n) is 2.34. The Labute approximate surface area is 86.2 Å². The maximum absolute atomic E-state index is 9.65. The average molecular weight is 212 g/mol. The summed E-state index contributed by atoms with van der Waals surface area (Å²) < 4.78 is 5.17. The number of ether oxygens (including phenoxy) is 1. The van der Waals surface area contributed by atoms with Crippen molar-refractivity contribution < 1.29 is 20.1 Å². The topological polar surface area (TPSA) is 95.7 Å². The minimum absolute atomic E-state index is 0.0405. The minimum Gasteiger partial charge on any atom is -0.388 e. The summed E-state index contributed by atoms with van der Waals surface area (Å²) in [5, 5.41) is 28.3. The number of hydrogen-bond acceptors (Lipinski definition) is 6. The number of hydrogen-bond donors (Lipinski definition) is 3. The van der Waals surface area contributed by atoms with E-state index in [0.717, 1.165) is 0 Å². The summed E-state index contributed by atoms with van der Waals surface area (Å²) in [7, 11) is 0. The molecule has 6 heteroatoms. The van der Waals surface area contributed by atoms with Crippen LogP contribution >= 0.6 is 0 Å². The number of aliphatic hydroxyl groups excluding tert-OH is 3. The van der Waals surface area contributed by atoms with E-state index >= 15 is 0 Å². The Bertz CT molecular complexity index is 321. The molecule has 0 saturated carbocycles. The van der Waals surface area contributed by atoms with Crippen molar-refractivity contribution in [2.45, 2.75) is 24.4 Å². The standard InChI is InChI=1S/C9H12N2O4/c12-5-4-15-8(7(14)6(5)13)9-10-2-1-3-11-9/h1-3,5-8,12-14H,4H2/t5-,6-,7-,8+/m0/s1. The van der Waals surface area contributed by atoms with Crippen molar-refractivity contribution in [1.29, 1.82) is 0 Å². The molecule has 2 heterocycles. The lowest BCUT2D eigenvalue weighted by Crippen LogP contribution is -2.49. The first kappa shape index (κ1) is 10.4. The van der Waals surface area contributed by atoms with E-state index in [0.29, 0.717) is 5.82 Å². The Morgan fingerprint density at radius 1 is 1.13 bits per heavy atom. The molecule has 0 amide bonds. The highest BCUT2D eigenvalue weighted by atomic mass is 16.5. The average Bonchev–Trinajstić information content (AvgIpc) is 2.27. The Morgan fingerprint density at radius 3 is 2.47 bits per heavy atom. The van der Waals surface area contributed by atoms with Crippen molar-refractivity contribution in [3.63, 3.8) is 0 Å². The summed E-state index contributed by atoms with van der Waals surface area (Å²) in [6, 6.07) is 1.64. The molecule has 1 saturated heterocycles. The molecule has 3 N–H and O–H groups in total. The smallest absolute Gasteiger partial charge is 0.159 e. The van der Waals surface area contributed by atoms with Gasteiger partial charge in [-0.2, -0.15) is 0 Å². The van der Waals surface area contributed by atoms with Crippen molar-refractivity contribution in [2.75, 3.05) is 6.61 Å². The van der Waals surface area contributed by atoms with Gasteiger partial charge < -0.3 is 20.1 Å². The van der Waals surface area contributed by atoms with E-state index in [9.17, 15) is 15.3 Å². The van der Waals surface area contributed by atoms with Crippen LogP contribution in [0.15, 0.2) is 18.5 Å². The van der Waals surface area contributed by atoms with Crippen LogP contribution < -0.4 is 0 Å². The first-order valence-electron chi connectivity index (χ1n) is 4.63. The third-order valence-corrected chi connectivity index (χ3v) is 2.34. The zero-order chi connectivity index (χ0) is 10.8. The van der Waals surface area contributed by atoms with Gasteiger partial charge >= 0.3 is 0 Å². The van der Waals surface area contributed by atoms with Crippen molar-refractivity contribution >= 4 is 0 Å². The van der Waals surface area contributed by atoms with Crippen LogP contribution in [0.3, 0.4) is 0 Å². The van der Waals surface area contributed by atoms with Crippen molar-refractivity contribution in [1.82, 2.24) is 9.97 Å². The lowest BCUT2D eigenvalue weighted by molar-refractivity contribution is -0.191. The van der Waals surface area contributed by atoms with E-state index in [2.05, 4.69) is 9.97 Å². The van der Waals surface area contributed by atoms with Crippen LogP contribution in [0.4, 0.5) is 0 Å². The van der Waals surface area contributed by atoms with Crippen LogP contribution in [-0.4, -0.2) is 50.2 Å². The molecule has 0 bridgehead atoms. The molecule has 4 atom stereocenters. The number of rotatable bonds is 1. The summed E-state index contributed by atoms with van der Waals surface area (Å²) in [6.07, 6.45) is -1.25. The number of aromatic nitrogens is 2. The highest BCUT2D eigenvalue weighted by Crippen LogP contribution is 2.26. The van der Waals surface area contributed by atoms with Crippen LogP contribution in [0.1, 0.15) is 11.9 Å². The van der Waals surface area contributed by atoms with Gasteiger partial charge in [-0.1, -0.05) is 0 Å². The highest BCUT2D eigenvalue weighted by Gasteiger charge is 2.39. The van der Waals surface area contributed by atoms with Gasteiger partial charge in [0.15, 0.2) is 5.82 Å². The van der Waals surface area contributed by atoms with Crippen LogP contribution in [0.2, 0.25) is 0 Å². The van der Waals surface area contributed by atoms with Gasteiger partial charge in [-0.25, -0.2) is 9.97 Å². The van der Waals surface area contributed by atoms with E-state index in [1.54, 1.807) is 6.07 Å². The summed E-state index contributed by atoms with van der Waals surface area (Å²) in [5.74, 6) is 0.302. The van der Waals surface area contributed by atoms with Gasteiger partial charge in [0.25, 0.3) is 0 Å². The van der Waals surface area contributed by atoms with Gasteiger partial charge in [-0.05, 0) is 6.07 Å². The van der Waals surface area contributed by atoms with E-state index in [4.69, 9.17) is 4.74 Å². The fourth-order valence-electron chi connectivity index (χ4n) is 1.49. The van der Waals surface area contributed by atoms with Crippen LogP contribution in [0, 0.1) is 0 Å². The van der Waals surface area contributed by atoms with Gasteiger partial charge in [0.2, 0.25) is 0 Å². The Morgan fingerprint density at radius 2 is 1.80 bits per heavy atom. The molecule has 1 aromatic heterocycles. The zero-order valence-electron chi connectivity index (χ0n) is 7.89. The van der Waals surface area contributed by atoms with E-state index in [-0.39, 0.29) is 6.61 Å². The van der Waals surface area contributed by atoms with Gasteiger partial charge in [-0.15, -0.1) is 0 Å². The Balaban J connectivity index is 2.17. The molecule has 0 aliphatic carbocycles. The molecular weight excluding hydrogens is 200 g/mol. The van der Waals surface area contributed by atoms with Crippen molar-refractivity contribution in [3.05, 3.63) is 24.3 Å². The molecule has 6 nitrogen and oxygen atoms in total. The minimum atomic E-state index is -1.23. The second-order valence-corrected chi connectivity index (χ2v) is 3.41. The molecule has 1 aliphatic rings. The van der Waals surface area contributed by atoms with Gasteiger partial charge in [-0.3, -0.25) is 0 Å². The Hall–Kier alpha value is -1.08. The number of aliphatic hydroxyl groups is 3. The van der Waals surface area contributed by atoms with E-state index < -0.39 is 24.4 Å². The summed E-state index contributed by atoms with van der Waals surface area (Å²) >= 11 is 0.